The minimum atomic E-state index is -0.346. The van der Waals surface area contributed by atoms with Gasteiger partial charge < -0.3 is 15.3 Å². The molecule has 17 heavy (non-hydrogen) atoms. The van der Waals surface area contributed by atoms with E-state index < -0.39 is 0 Å². The number of H-pyrrole nitrogens is 1. The van der Waals surface area contributed by atoms with Gasteiger partial charge in [-0.3, -0.25) is 0 Å². The summed E-state index contributed by atoms with van der Waals surface area (Å²) < 4.78 is 2.11. The normalized spacial score (nSPS) is 11.9. The van der Waals surface area contributed by atoms with E-state index >= 15 is 0 Å². The topological polar surface area (TPSA) is 72.5 Å². The van der Waals surface area contributed by atoms with Crippen molar-refractivity contribution in [1.29, 1.82) is 0 Å². The number of hydrogen-bond acceptors (Lipinski definition) is 3. The Hall–Kier alpha value is -1.62. The van der Waals surface area contributed by atoms with E-state index in [1.807, 2.05) is 32.6 Å². The zero-order valence-electron chi connectivity index (χ0n) is 10.3. The third kappa shape index (κ3) is 2.94. The van der Waals surface area contributed by atoms with Gasteiger partial charge in [0.2, 0.25) is 0 Å². The number of aromatic nitrogens is 4. The number of nitrogens with one attached hydrogen (secondary N) is 1. The maximum absolute atomic E-state index is 6.09. The Morgan fingerprint density at radius 2 is 2.29 bits per heavy atom. The summed E-state index contributed by atoms with van der Waals surface area (Å²) in [5, 5.41) is 0. The standard InChI is InChI=1S/C12H19N5/c1-12(2,13)10-8-14-9-17(10)7-3-4-11-15-5-6-16-11/h5-6,8-9H,3-4,7,13H2,1-2H3,(H,15,16). The first kappa shape index (κ1) is 11.9. The minimum Gasteiger partial charge on any atom is -0.349 e. The van der Waals surface area contributed by atoms with Crippen LogP contribution in [0.15, 0.2) is 24.9 Å². The van der Waals surface area contributed by atoms with Gasteiger partial charge in [-0.25, -0.2) is 9.97 Å². The molecule has 3 N–H and O–H groups in total. The Bertz CT molecular complexity index is 449. The van der Waals surface area contributed by atoms with Gasteiger partial charge in [0, 0.05) is 31.6 Å². The van der Waals surface area contributed by atoms with E-state index in [0.29, 0.717) is 0 Å². The monoisotopic (exact) mass is 233 g/mol. The summed E-state index contributed by atoms with van der Waals surface area (Å²) in [6.45, 7) is 4.90. The first-order valence-electron chi connectivity index (χ1n) is 5.85. The third-order valence-electron chi connectivity index (χ3n) is 2.74. The zero-order chi connectivity index (χ0) is 12.3. The summed E-state index contributed by atoms with van der Waals surface area (Å²) in [5.41, 5.74) is 6.81. The first-order chi connectivity index (χ1) is 8.07. The number of nitrogens with zero attached hydrogens (tertiary/aromatic N) is 3. The van der Waals surface area contributed by atoms with Crippen LogP contribution in [0.3, 0.4) is 0 Å². The number of hydrogen-bond donors (Lipinski definition) is 2. The summed E-state index contributed by atoms with van der Waals surface area (Å²) in [4.78, 5) is 11.5. The molecule has 0 amide bonds. The maximum Gasteiger partial charge on any atom is 0.106 e. The number of aryl methyl sites for hydroxylation is 2. The Morgan fingerprint density at radius 3 is 2.94 bits per heavy atom. The molecule has 0 aliphatic heterocycles. The van der Waals surface area contributed by atoms with Crippen LogP contribution in [0.5, 0.6) is 0 Å². The molecular weight excluding hydrogens is 214 g/mol. The predicted octanol–water partition coefficient (Wildman–Crippen LogP) is 1.43. The Balaban J connectivity index is 1.93. The van der Waals surface area contributed by atoms with Gasteiger partial charge in [0.25, 0.3) is 0 Å². The summed E-state index contributed by atoms with van der Waals surface area (Å²) in [6, 6.07) is 0. The molecule has 2 rings (SSSR count). The molecule has 0 bridgehead atoms. The quantitative estimate of drug-likeness (QED) is 0.820. The molecule has 0 saturated carbocycles. The van der Waals surface area contributed by atoms with E-state index in [9.17, 15) is 0 Å². The van der Waals surface area contributed by atoms with Crippen LogP contribution in [-0.2, 0) is 18.5 Å². The van der Waals surface area contributed by atoms with Crippen molar-refractivity contribution in [2.45, 2.75) is 38.8 Å². The highest BCUT2D eigenvalue weighted by Gasteiger charge is 2.18. The Labute approximate surface area is 101 Å². The molecule has 0 saturated heterocycles. The van der Waals surface area contributed by atoms with E-state index in [1.165, 1.54) is 0 Å². The van der Waals surface area contributed by atoms with Crippen molar-refractivity contribution in [2.75, 3.05) is 0 Å². The second-order valence-electron chi connectivity index (χ2n) is 4.83. The van der Waals surface area contributed by atoms with E-state index in [-0.39, 0.29) is 5.54 Å². The van der Waals surface area contributed by atoms with E-state index in [0.717, 1.165) is 30.9 Å². The summed E-state index contributed by atoms with van der Waals surface area (Å²) in [5.74, 6) is 1.03. The fourth-order valence-corrected chi connectivity index (χ4v) is 1.89. The van der Waals surface area contributed by atoms with Crippen molar-refractivity contribution in [3.05, 3.63) is 36.4 Å². The van der Waals surface area contributed by atoms with Gasteiger partial charge in [0.05, 0.1) is 17.6 Å². The van der Waals surface area contributed by atoms with Crippen LogP contribution in [0, 0.1) is 0 Å². The highest BCUT2D eigenvalue weighted by molar-refractivity contribution is 5.09. The van der Waals surface area contributed by atoms with Crippen molar-refractivity contribution in [2.24, 2.45) is 5.73 Å². The van der Waals surface area contributed by atoms with Gasteiger partial charge >= 0.3 is 0 Å². The van der Waals surface area contributed by atoms with Gasteiger partial charge in [0.15, 0.2) is 0 Å². The van der Waals surface area contributed by atoms with Crippen molar-refractivity contribution in [1.82, 2.24) is 19.5 Å². The van der Waals surface area contributed by atoms with E-state index in [4.69, 9.17) is 5.73 Å². The van der Waals surface area contributed by atoms with E-state index in [2.05, 4.69) is 19.5 Å². The SMILES string of the molecule is CC(C)(N)c1cncn1CCCc1ncc[nH]1. The van der Waals surface area contributed by atoms with Crippen molar-refractivity contribution in [3.8, 4) is 0 Å². The molecule has 2 heterocycles. The van der Waals surface area contributed by atoms with Gasteiger partial charge in [-0.1, -0.05) is 0 Å². The van der Waals surface area contributed by atoms with Crippen LogP contribution in [0.4, 0.5) is 0 Å². The van der Waals surface area contributed by atoms with Crippen LogP contribution < -0.4 is 5.73 Å². The fraction of sp³-hybridized carbons (Fsp3) is 0.500. The lowest BCUT2D eigenvalue weighted by Crippen LogP contribution is -2.31. The van der Waals surface area contributed by atoms with Gasteiger partial charge in [-0.05, 0) is 20.3 Å². The van der Waals surface area contributed by atoms with Crippen LogP contribution in [0.2, 0.25) is 0 Å². The summed E-state index contributed by atoms with van der Waals surface area (Å²) in [7, 11) is 0. The molecule has 92 valence electrons. The molecule has 0 aliphatic carbocycles. The Morgan fingerprint density at radius 1 is 1.47 bits per heavy atom. The molecule has 0 aromatic carbocycles. The van der Waals surface area contributed by atoms with Gasteiger partial charge in [-0.15, -0.1) is 0 Å². The molecule has 0 fully saturated rings. The molecule has 0 atom stereocenters. The Kier molecular flexibility index (Phi) is 3.28. The second kappa shape index (κ2) is 4.71. The first-order valence-corrected chi connectivity index (χ1v) is 5.85. The molecule has 2 aromatic heterocycles. The van der Waals surface area contributed by atoms with Crippen LogP contribution in [0.1, 0.15) is 31.8 Å². The molecule has 5 nitrogen and oxygen atoms in total. The minimum absolute atomic E-state index is 0.346. The molecule has 5 heteroatoms. The van der Waals surface area contributed by atoms with Crippen LogP contribution in [0.25, 0.3) is 0 Å². The summed E-state index contributed by atoms with van der Waals surface area (Å²) >= 11 is 0. The molecular formula is C12H19N5. The van der Waals surface area contributed by atoms with E-state index in [1.54, 1.807) is 6.20 Å². The average Bonchev–Trinajstić information content (AvgIpc) is 2.86. The zero-order valence-corrected chi connectivity index (χ0v) is 10.3. The van der Waals surface area contributed by atoms with Crippen molar-refractivity contribution in [3.63, 3.8) is 0 Å². The average molecular weight is 233 g/mol. The number of rotatable bonds is 5. The summed E-state index contributed by atoms with van der Waals surface area (Å²) in [6.07, 6.45) is 9.27. The fourth-order valence-electron chi connectivity index (χ4n) is 1.89. The number of nitrogens with two attached hydrogens (primary N) is 1. The second-order valence-corrected chi connectivity index (χ2v) is 4.83. The molecule has 0 unspecified atom stereocenters. The van der Waals surface area contributed by atoms with Gasteiger partial charge in [-0.2, -0.15) is 0 Å². The van der Waals surface area contributed by atoms with Gasteiger partial charge in [0.1, 0.15) is 5.82 Å². The van der Waals surface area contributed by atoms with Crippen molar-refractivity contribution >= 4 is 0 Å². The largest absolute Gasteiger partial charge is 0.349 e. The lowest BCUT2D eigenvalue weighted by atomic mass is 10.0. The van der Waals surface area contributed by atoms with Crippen LogP contribution in [-0.4, -0.2) is 19.5 Å². The third-order valence-corrected chi connectivity index (χ3v) is 2.74. The maximum atomic E-state index is 6.09. The lowest BCUT2D eigenvalue weighted by Gasteiger charge is -2.20. The number of imidazole rings is 2. The molecule has 0 radical (unpaired) electrons. The lowest BCUT2D eigenvalue weighted by molar-refractivity contribution is 0.484. The van der Waals surface area contributed by atoms with Crippen molar-refractivity contribution < 1.29 is 0 Å². The highest BCUT2D eigenvalue weighted by atomic mass is 15.1. The highest BCUT2D eigenvalue weighted by Crippen LogP contribution is 2.16. The molecule has 0 aliphatic rings. The smallest absolute Gasteiger partial charge is 0.106 e. The molecule has 0 spiro atoms. The van der Waals surface area contributed by atoms with Crippen LogP contribution >= 0.6 is 0 Å². The predicted molar refractivity (Wildman–Crippen MR) is 66.3 cm³/mol. The number of aromatic amines is 1. The molecule has 2 aromatic rings.